The predicted octanol–water partition coefficient (Wildman–Crippen LogP) is 4.72. The Balaban J connectivity index is 1.32. The number of para-hydroxylation sites is 2. The first-order chi connectivity index (χ1) is 16.0. The highest BCUT2D eigenvalue weighted by atomic mass is 16.5. The van der Waals surface area contributed by atoms with Crippen LogP contribution in [0.15, 0.2) is 82.0 Å². The van der Waals surface area contributed by atoms with Gasteiger partial charge in [0.1, 0.15) is 5.58 Å². The number of carbonyl (C=O) groups is 2. The van der Waals surface area contributed by atoms with Crippen molar-refractivity contribution in [2.24, 2.45) is 0 Å². The van der Waals surface area contributed by atoms with Crippen LogP contribution in [0.3, 0.4) is 0 Å². The quantitative estimate of drug-likeness (QED) is 0.400. The van der Waals surface area contributed by atoms with Gasteiger partial charge in [-0.1, -0.05) is 30.3 Å². The molecule has 0 saturated heterocycles. The summed E-state index contributed by atoms with van der Waals surface area (Å²) in [6.45, 7) is 2.41. The van der Waals surface area contributed by atoms with Gasteiger partial charge in [0.25, 0.3) is 5.91 Å². The molecule has 0 aliphatic heterocycles. The number of ether oxygens (including phenoxy) is 1. The SMILES string of the molecule is CCn1c2ccccc2c2cc(NC(=O)COC(=O)c3cc(=O)c4ccccc4o3)ccc21. The number of nitrogens with zero attached hydrogens (tertiary/aromatic N) is 1. The Morgan fingerprint density at radius 3 is 2.45 bits per heavy atom. The number of amides is 1. The standard InChI is InChI=1S/C26H20N2O5/c1-2-28-20-9-5-3-7-17(20)19-13-16(11-12-21(19)28)27-25(30)15-32-26(31)24-14-22(29)18-8-4-6-10-23(18)33-24/h3-14H,2,15H2,1H3,(H,27,30). The van der Waals surface area contributed by atoms with Crippen molar-refractivity contribution in [3.05, 3.63) is 88.8 Å². The minimum Gasteiger partial charge on any atom is -0.450 e. The van der Waals surface area contributed by atoms with Crippen LogP contribution >= 0.6 is 0 Å². The third-order valence-corrected chi connectivity index (χ3v) is 5.54. The maximum Gasteiger partial charge on any atom is 0.374 e. The maximum absolute atomic E-state index is 12.4. The van der Waals surface area contributed by atoms with E-state index in [0.717, 1.165) is 34.4 Å². The third kappa shape index (κ3) is 3.74. The van der Waals surface area contributed by atoms with Gasteiger partial charge in [0.05, 0.1) is 5.39 Å². The molecule has 164 valence electrons. The molecule has 2 heterocycles. The molecule has 0 radical (unpaired) electrons. The van der Waals surface area contributed by atoms with Crippen LogP contribution in [0, 0.1) is 0 Å². The fourth-order valence-corrected chi connectivity index (χ4v) is 4.08. The summed E-state index contributed by atoms with van der Waals surface area (Å²) in [5.41, 5.74) is 2.73. The van der Waals surface area contributed by atoms with Crippen LogP contribution in [0.25, 0.3) is 32.8 Å². The summed E-state index contributed by atoms with van der Waals surface area (Å²) in [6.07, 6.45) is 0. The molecule has 33 heavy (non-hydrogen) atoms. The van der Waals surface area contributed by atoms with Crippen LogP contribution in [0.4, 0.5) is 5.69 Å². The van der Waals surface area contributed by atoms with E-state index in [0.29, 0.717) is 11.1 Å². The van der Waals surface area contributed by atoms with Gasteiger partial charge in [0.15, 0.2) is 12.0 Å². The van der Waals surface area contributed by atoms with E-state index in [1.807, 2.05) is 30.3 Å². The van der Waals surface area contributed by atoms with Crippen molar-refractivity contribution in [3.8, 4) is 0 Å². The van der Waals surface area contributed by atoms with Gasteiger partial charge in [-0.2, -0.15) is 0 Å². The number of aryl methyl sites for hydroxylation is 1. The van der Waals surface area contributed by atoms with Crippen molar-refractivity contribution in [2.75, 3.05) is 11.9 Å². The van der Waals surface area contributed by atoms with Gasteiger partial charge in [-0.15, -0.1) is 0 Å². The Morgan fingerprint density at radius 1 is 0.909 bits per heavy atom. The number of esters is 1. The average molecular weight is 440 g/mol. The largest absolute Gasteiger partial charge is 0.450 e. The molecule has 0 saturated carbocycles. The molecule has 0 spiro atoms. The molecule has 0 bridgehead atoms. The lowest BCUT2D eigenvalue weighted by Crippen LogP contribution is -2.21. The first kappa shape index (κ1) is 20.5. The number of benzene rings is 3. The van der Waals surface area contributed by atoms with Crippen molar-refractivity contribution in [1.82, 2.24) is 4.57 Å². The molecule has 0 unspecified atom stereocenters. The Morgan fingerprint density at radius 2 is 1.64 bits per heavy atom. The number of carbonyl (C=O) groups excluding carboxylic acids is 2. The summed E-state index contributed by atoms with van der Waals surface area (Å²) >= 11 is 0. The van der Waals surface area contributed by atoms with E-state index in [2.05, 4.69) is 28.9 Å². The maximum atomic E-state index is 12.4. The number of hydrogen-bond acceptors (Lipinski definition) is 5. The zero-order valence-corrected chi connectivity index (χ0v) is 17.8. The van der Waals surface area contributed by atoms with Gasteiger partial charge in [0, 0.05) is 40.1 Å². The summed E-state index contributed by atoms with van der Waals surface area (Å²) in [6, 6.07) is 21.5. The van der Waals surface area contributed by atoms with Crippen LogP contribution < -0.4 is 10.7 Å². The van der Waals surface area contributed by atoms with E-state index < -0.39 is 18.5 Å². The minimum atomic E-state index is -0.880. The lowest BCUT2D eigenvalue weighted by atomic mass is 10.1. The molecule has 0 fully saturated rings. The highest BCUT2D eigenvalue weighted by Gasteiger charge is 2.16. The van der Waals surface area contributed by atoms with Crippen LogP contribution in [0.1, 0.15) is 17.5 Å². The fourth-order valence-electron chi connectivity index (χ4n) is 4.08. The van der Waals surface area contributed by atoms with Gasteiger partial charge < -0.3 is 19.0 Å². The molecule has 7 nitrogen and oxygen atoms in total. The van der Waals surface area contributed by atoms with Crippen LogP contribution in [0.2, 0.25) is 0 Å². The fraction of sp³-hybridized carbons (Fsp3) is 0.115. The third-order valence-electron chi connectivity index (χ3n) is 5.54. The summed E-state index contributed by atoms with van der Waals surface area (Å²) < 4.78 is 12.7. The van der Waals surface area contributed by atoms with Crippen molar-refractivity contribution in [3.63, 3.8) is 0 Å². The zero-order valence-electron chi connectivity index (χ0n) is 17.8. The van der Waals surface area contributed by atoms with E-state index in [4.69, 9.17) is 9.15 Å². The Hall–Kier alpha value is -4.39. The normalized spacial score (nSPS) is 11.2. The molecule has 0 aliphatic rings. The lowest BCUT2D eigenvalue weighted by Gasteiger charge is -2.08. The first-order valence-electron chi connectivity index (χ1n) is 10.6. The molecule has 3 aromatic carbocycles. The van der Waals surface area contributed by atoms with Gasteiger partial charge in [0.2, 0.25) is 5.76 Å². The number of nitrogens with one attached hydrogen (secondary N) is 1. The predicted molar refractivity (Wildman–Crippen MR) is 127 cm³/mol. The Labute approximate surface area is 188 Å². The second-order valence-corrected chi connectivity index (χ2v) is 7.59. The van der Waals surface area contributed by atoms with E-state index in [9.17, 15) is 14.4 Å². The number of anilines is 1. The van der Waals surface area contributed by atoms with Crippen LogP contribution in [-0.4, -0.2) is 23.1 Å². The Bertz CT molecular complexity index is 1600. The van der Waals surface area contributed by atoms with Crippen molar-refractivity contribution < 1.29 is 18.7 Å². The molecule has 0 atom stereocenters. The van der Waals surface area contributed by atoms with Crippen molar-refractivity contribution in [1.29, 1.82) is 0 Å². The number of aromatic nitrogens is 1. The van der Waals surface area contributed by atoms with Crippen molar-refractivity contribution >= 4 is 50.3 Å². The monoisotopic (exact) mass is 440 g/mol. The lowest BCUT2D eigenvalue weighted by molar-refractivity contribution is -0.119. The van der Waals surface area contributed by atoms with Gasteiger partial charge >= 0.3 is 5.97 Å². The number of hydrogen-bond donors (Lipinski definition) is 1. The molecule has 5 aromatic rings. The molecule has 0 aliphatic carbocycles. The summed E-state index contributed by atoms with van der Waals surface area (Å²) in [5.74, 6) is -1.63. The van der Waals surface area contributed by atoms with Gasteiger partial charge in [-0.05, 0) is 43.3 Å². The van der Waals surface area contributed by atoms with E-state index in [-0.39, 0.29) is 16.8 Å². The second kappa shape index (κ2) is 8.27. The molecule has 5 rings (SSSR count). The van der Waals surface area contributed by atoms with Crippen LogP contribution in [-0.2, 0) is 16.1 Å². The molecule has 2 aromatic heterocycles. The van der Waals surface area contributed by atoms with E-state index in [1.54, 1.807) is 24.3 Å². The highest BCUT2D eigenvalue weighted by Crippen LogP contribution is 2.31. The summed E-state index contributed by atoms with van der Waals surface area (Å²) in [7, 11) is 0. The van der Waals surface area contributed by atoms with Crippen LogP contribution in [0.5, 0.6) is 0 Å². The first-order valence-corrected chi connectivity index (χ1v) is 10.6. The Kier molecular flexibility index (Phi) is 5.14. The second-order valence-electron chi connectivity index (χ2n) is 7.59. The molecule has 7 heteroatoms. The van der Waals surface area contributed by atoms with E-state index in [1.165, 1.54) is 0 Å². The number of fused-ring (bicyclic) bond motifs is 4. The summed E-state index contributed by atoms with van der Waals surface area (Å²) in [5, 5.41) is 5.25. The highest BCUT2D eigenvalue weighted by molar-refractivity contribution is 6.10. The van der Waals surface area contributed by atoms with Crippen molar-refractivity contribution in [2.45, 2.75) is 13.5 Å². The molecule has 1 N–H and O–H groups in total. The van der Waals surface area contributed by atoms with Gasteiger partial charge in [-0.3, -0.25) is 9.59 Å². The molecular weight excluding hydrogens is 420 g/mol. The zero-order chi connectivity index (χ0) is 22.9. The average Bonchev–Trinajstić information content (AvgIpc) is 3.15. The minimum absolute atomic E-state index is 0.250. The molecular formula is C26H20N2O5. The number of rotatable bonds is 5. The smallest absolute Gasteiger partial charge is 0.374 e. The van der Waals surface area contributed by atoms with Gasteiger partial charge in [-0.25, -0.2) is 4.79 Å². The topological polar surface area (TPSA) is 90.5 Å². The summed E-state index contributed by atoms with van der Waals surface area (Å²) in [4.78, 5) is 36.9. The molecule has 1 amide bonds. The van der Waals surface area contributed by atoms with E-state index >= 15 is 0 Å².